The summed E-state index contributed by atoms with van der Waals surface area (Å²) in [6.45, 7) is 1.31. The lowest BCUT2D eigenvalue weighted by Crippen LogP contribution is -2.29. The largest absolute Gasteiger partial charge is 0.465 e. The maximum atomic E-state index is 13.5. The molecule has 1 atom stereocenters. The van der Waals surface area contributed by atoms with Crippen LogP contribution in [0, 0.1) is 11.6 Å². The van der Waals surface area contributed by atoms with E-state index in [4.69, 9.17) is 4.74 Å². The molecule has 0 saturated carbocycles. The van der Waals surface area contributed by atoms with Crippen LogP contribution in [0.25, 0.3) is 6.08 Å². The quantitative estimate of drug-likeness (QED) is 0.605. The number of hydrogen-bond acceptors (Lipinski definition) is 5. The lowest BCUT2D eigenvalue weighted by Gasteiger charge is -2.12. The van der Waals surface area contributed by atoms with Crippen LogP contribution < -0.4 is 5.32 Å². The van der Waals surface area contributed by atoms with Gasteiger partial charge in [-0.25, -0.2) is 18.4 Å². The van der Waals surface area contributed by atoms with E-state index in [1.165, 1.54) is 32.2 Å². The van der Waals surface area contributed by atoms with Gasteiger partial charge in [0, 0.05) is 12.1 Å². The summed E-state index contributed by atoms with van der Waals surface area (Å²) < 4.78 is 35.9. The van der Waals surface area contributed by atoms with E-state index in [0.29, 0.717) is 17.2 Å². The number of carbonyl (C=O) groups excluding carboxylic acids is 3. The van der Waals surface area contributed by atoms with Gasteiger partial charge in [-0.1, -0.05) is 12.1 Å². The molecule has 2 rings (SSSR count). The normalized spacial score (nSPS) is 11.7. The van der Waals surface area contributed by atoms with Crippen molar-refractivity contribution < 1.29 is 32.6 Å². The van der Waals surface area contributed by atoms with Gasteiger partial charge in [-0.05, 0) is 42.8 Å². The summed E-state index contributed by atoms with van der Waals surface area (Å²) in [7, 11) is 1.27. The lowest BCUT2D eigenvalue weighted by atomic mass is 10.1. The van der Waals surface area contributed by atoms with E-state index in [1.807, 2.05) is 0 Å². The number of methoxy groups -OCH3 is 1. The summed E-state index contributed by atoms with van der Waals surface area (Å²) in [5.74, 6) is -3.76. The molecule has 0 bridgehead atoms. The average Bonchev–Trinajstić information content (AvgIpc) is 2.68. The first-order valence-electron chi connectivity index (χ1n) is 8.13. The molecule has 0 aliphatic heterocycles. The van der Waals surface area contributed by atoms with Crippen molar-refractivity contribution in [2.75, 3.05) is 12.4 Å². The highest BCUT2D eigenvalue weighted by molar-refractivity contribution is 5.96. The Kier molecular flexibility index (Phi) is 6.97. The SMILES string of the molecule is COC(=O)c1ccc(/C=C/C(=O)OC(C)C(=O)Nc2ccc(F)cc2F)cc1. The lowest BCUT2D eigenvalue weighted by molar-refractivity contribution is -0.148. The number of ether oxygens (including phenoxy) is 2. The number of amides is 1. The van der Waals surface area contributed by atoms with Crippen LogP contribution in [0.15, 0.2) is 48.5 Å². The van der Waals surface area contributed by atoms with Crippen molar-refractivity contribution in [3.8, 4) is 0 Å². The van der Waals surface area contributed by atoms with Crippen LogP contribution in [0.5, 0.6) is 0 Å². The second kappa shape index (κ2) is 9.40. The van der Waals surface area contributed by atoms with Gasteiger partial charge in [0.1, 0.15) is 11.6 Å². The van der Waals surface area contributed by atoms with Crippen LogP contribution in [0.2, 0.25) is 0 Å². The van der Waals surface area contributed by atoms with E-state index in [1.54, 1.807) is 12.1 Å². The Morgan fingerprint density at radius 3 is 2.36 bits per heavy atom. The second-order valence-electron chi connectivity index (χ2n) is 5.64. The predicted molar refractivity (Wildman–Crippen MR) is 97.4 cm³/mol. The Labute approximate surface area is 159 Å². The van der Waals surface area contributed by atoms with Gasteiger partial charge in [-0.3, -0.25) is 4.79 Å². The molecule has 0 aromatic heterocycles. The van der Waals surface area contributed by atoms with Crippen molar-refractivity contribution in [2.45, 2.75) is 13.0 Å². The van der Waals surface area contributed by atoms with Crippen LogP contribution in [0.1, 0.15) is 22.8 Å². The van der Waals surface area contributed by atoms with E-state index < -0.39 is 35.6 Å². The van der Waals surface area contributed by atoms with E-state index in [2.05, 4.69) is 10.1 Å². The van der Waals surface area contributed by atoms with Crippen molar-refractivity contribution >= 4 is 29.6 Å². The van der Waals surface area contributed by atoms with Gasteiger partial charge < -0.3 is 14.8 Å². The fraction of sp³-hybridized carbons (Fsp3) is 0.150. The van der Waals surface area contributed by atoms with Gasteiger partial charge >= 0.3 is 11.9 Å². The summed E-state index contributed by atoms with van der Waals surface area (Å²) in [6, 6.07) is 8.94. The minimum absolute atomic E-state index is 0.226. The zero-order chi connectivity index (χ0) is 20.7. The van der Waals surface area contributed by atoms with Crippen molar-refractivity contribution in [3.63, 3.8) is 0 Å². The molecule has 0 spiro atoms. The standard InChI is InChI=1S/C20H17F2NO5/c1-12(19(25)23-17-9-8-15(21)11-16(17)22)28-18(24)10-5-13-3-6-14(7-4-13)20(26)27-2/h3-12H,1-2H3,(H,23,25)/b10-5+. The molecule has 2 aromatic carbocycles. The van der Waals surface area contributed by atoms with E-state index in [0.717, 1.165) is 18.2 Å². The second-order valence-corrected chi connectivity index (χ2v) is 5.64. The molecular weight excluding hydrogens is 372 g/mol. The number of esters is 2. The van der Waals surface area contributed by atoms with Crippen molar-refractivity contribution in [1.82, 2.24) is 0 Å². The molecule has 0 heterocycles. The van der Waals surface area contributed by atoms with Gasteiger partial charge in [0.2, 0.25) is 0 Å². The van der Waals surface area contributed by atoms with Crippen LogP contribution in [0.3, 0.4) is 0 Å². The van der Waals surface area contributed by atoms with Gasteiger partial charge in [0.25, 0.3) is 5.91 Å². The third kappa shape index (κ3) is 5.73. The summed E-state index contributed by atoms with van der Waals surface area (Å²) in [5, 5.41) is 2.21. The fourth-order valence-corrected chi connectivity index (χ4v) is 2.10. The highest BCUT2D eigenvalue weighted by atomic mass is 19.1. The topological polar surface area (TPSA) is 81.7 Å². The smallest absolute Gasteiger partial charge is 0.337 e. The molecule has 146 valence electrons. The minimum Gasteiger partial charge on any atom is -0.465 e. The molecule has 0 saturated heterocycles. The van der Waals surface area contributed by atoms with E-state index in [-0.39, 0.29) is 5.69 Å². The average molecular weight is 389 g/mol. The zero-order valence-corrected chi connectivity index (χ0v) is 15.1. The van der Waals surface area contributed by atoms with Gasteiger partial charge in [0.15, 0.2) is 6.10 Å². The molecule has 6 nitrogen and oxygen atoms in total. The molecule has 28 heavy (non-hydrogen) atoms. The number of hydrogen-bond donors (Lipinski definition) is 1. The third-order valence-electron chi connectivity index (χ3n) is 3.59. The highest BCUT2D eigenvalue weighted by Gasteiger charge is 2.18. The first-order chi connectivity index (χ1) is 13.3. The summed E-state index contributed by atoms with van der Waals surface area (Å²) in [4.78, 5) is 35.2. The van der Waals surface area contributed by atoms with Crippen molar-refractivity contribution in [3.05, 3.63) is 71.3 Å². The predicted octanol–water partition coefficient (Wildman–Crippen LogP) is 3.34. The molecule has 0 radical (unpaired) electrons. The molecule has 1 unspecified atom stereocenters. The molecule has 1 amide bonds. The summed E-state index contributed by atoms with van der Waals surface area (Å²) in [5.41, 5.74) is 0.756. The number of carbonyl (C=O) groups is 3. The van der Waals surface area contributed by atoms with Crippen LogP contribution in [0.4, 0.5) is 14.5 Å². The number of anilines is 1. The van der Waals surface area contributed by atoms with Crippen LogP contribution in [-0.4, -0.2) is 31.1 Å². The number of halogens is 2. The molecule has 0 aliphatic rings. The highest BCUT2D eigenvalue weighted by Crippen LogP contribution is 2.15. The minimum atomic E-state index is -1.21. The fourth-order valence-electron chi connectivity index (χ4n) is 2.10. The Bertz CT molecular complexity index is 909. The van der Waals surface area contributed by atoms with Gasteiger partial charge in [0.05, 0.1) is 18.4 Å². The molecular formula is C20H17F2NO5. The van der Waals surface area contributed by atoms with Crippen molar-refractivity contribution in [2.24, 2.45) is 0 Å². The molecule has 0 fully saturated rings. The number of nitrogens with one attached hydrogen (secondary N) is 1. The monoisotopic (exact) mass is 389 g/mol. The van der Waals surface area contributed by atoms with Crippen molar-refractivity contribution in [1.29, 1.82) is 0 Å². The molecule has 1 N–H and O–H groups in total. The van der Waals surface area contributed by atoms with E-state index in [9.17, 15) is 23.2 Å². The van der Waals surface area contributed by atoms with Gasteiger partial charge in [-0.15, -0.1) is 0 Å². The first kappa shape index (κ1) is 20.8. The number of rotatable bonds is 6. The molecule has 8 heteroatoms. The first-order valence-corrected chi connectivity index (χ1v) is 8.13. The molecule has 0 aliphatic carbocycles. The summed E-state index contributed by atoms with van der Waals surface area (Å²) in [6.07, 6.45) is 1.34. The van der Waals surface area contributed by atoms with E-state index >= 15 is 0 Å². The molecule has 2 aromatic rings. The van der Waals surface area contributed by atoms with Gasteiger partial charge in [-0.2, -0.15) is 0 Å². The zero-order valence-electron chi connectivity index (χ0n) is 15.1. The Morgan fingerprint density at radius 2 is 1.75 bits per heavy atom. The maximum absolute atomic E-state index is 13.5. The maximum Gasteiger partial charge on any atom is 0.337 e. The third-order valence-corrected chi connectivity index (χ3v) is 3.59. The van der Waals surface area contributed by atoms with Crippen LogP contribution in [-0.2, 0) is 19.1 Å². The Hall–Kier alpha value is -3.55. The Morgan fingerprint density at radius 1 is 1.07 bits per heavy atom. The van der Waals surface area contributed by atoms with Crippen LogP contribution >= 0.6 is 0 Å². The number of benzene rings is 2. The Balaban J connectivity index is 1.91. The summed E-state index contributed by atoms with van der Waals surface area (Å²) >= 11 is 0.